The number of anilines is 1. The zero-order chi connectivity index (χ0) is 29.4. The third kappa shape index (κ3) is 7.23. The molecule has 1 aliphatic rings. The van der Waals surface area contributed by atoms with Crippen LogP contribution in [0.2, 0.25) is 10.0 Å². The van der Waals surface area contributed by atoms with Crippen LogP contribution in [0.1, 0.15) is 39.5 Å². The third-order valence-corrected chi connectivity index (χ3v) is 7.95. The second-order valence-electron chi connectivity index (χ2n) is 9.99. The molecule has 0 saturated carbocycles. The summed E-state index contributed by atoms with van der Waals surface area (Å²) in [7, 11) is 1.52. The Bertz CT molecular complexity index is 1410. The van der Waals surface area contributed by atoms with Crippen LogP contribution in [0.3, 0.4) is 0 Å². The maximum Gasteiger partial charge on any atom is 0.260 e. The number of aromatic nitrogens is 3. The number of halogens is 2. The van der Waals surface area contributed by atoms with Crippen LogP contribution in [0.25, 0.3) is 22.2 Å². The number of hydrogen-bond acceptors (Lipinski definition) is 8. The van der Waals surface area contributed by atoms with Gasteiger partial charge in [0.1, 0.15) is 17.1 Å². The molecule has 1 aliphatic heterocycles. The quantitative estimate of drug-likeness (QED) is 0.204. The van der Waals surface area contributed by atoms with Crippen molar-refractivity contribution in [2.24, 2.45) is 0 Å². The van der Waals surface area contributed by atoms with Gasteiger partial charge >= 0.3 is 0 Å². The number of pyridine rings is 1. The number of unbranched alkanes of at least 4 members (excludes halogenated alkanes) is 2. The number of benzene rings is 1. The fourth-order valence-corrected chi connectivity index (χ4v) is 5.63. The molecule has 12 heteroatoms. The molecule has 222 valence electrons. The molecular weight excluding hydrogens is 567 g/mol. The van der Waals surface area contributed by atoms with Crippen molar-refractivity contribution >= 4 is 46.6 Å². The average molecular weight is 606 g/mol. The summed E-state index contributed by atoms with van der Waals surface area (Å²) in [5.74, 6) is 1.24. The molecule has 0 atom stereocenters. The van der Waals surface area contributed by atoms with Crippen LogP contribution in [0.4, 0.5) is 5.95 Å². The molecule has 1 aromatic carbocycles. The van der Waals surface area contributed by atoms with E-state index in [0.29, 0.717) is 78.8 Å². The maximum absolute atomic E-state index is 14.2. The number of aryl methyl sites for hydroxylation is 1. The van der Waals surface area contributed by atoms with Crippen LogP contribution in [-0.4, -0.2) is 83.7 Å². The van der Waals surface area contributed by atoms with E-state index in [9.17, 15) is 9.59 Å². The molecule has 10 nitrogen and oxygen atoms in total. The zero-order valence-corrected chi connectivity index (χ0v) is 25.4. The summed E-state index contributed by atoms with van der Waals surface area (Å²) in [5, 5.41) is 4.30. The van der Waals surface area contributed by atoms with E-state index in [0.717, 1.165) is 45.3 Å². The molecule has 1 N–H and O–H groups in total. The molecule has 1 amide bonds. The van der Waals surface area contributed by atoms with Gasteiger partial charge in [-0.2, -0.15) is 4.98 Å². The predicted molar refractivity (Wildman–Crippen MR) is 164 cm³/mol. The van der Waals surface area contributed by atoms with Crippen molar-refractivity contribution in [2.75, 3.05) is 58.3 Å². The SMILES string of the molecule is CCCCCOc1cc(OC)c(Cl)c(-c2cc3cnc(NCC)nc3n(CCCN3CCN(C=O)CC3)c2=O)c1Cl. The number of rotatable bonds is 14. The van der Waals surface area contributed by atoms with Gasteiger partial charge in [-0.3, -0.25) is 19.1 Å². The van der Waals surface area contributed by atoms with Gasteiger partial charge in [-0.25, -0.2) is 4.98 Å². The van der Waals surface area contributed by atoms with Crippen molar-refractivity contribution < 1.29 is 14.3 Å². The molecule has 3 aromatic rings. The number of hydrogen-bond donors (Lipinski definition) is 1. The number of nitrogens with zero attached hydrogens (tertiary/aromatic N) is 5. The second kappa shape index (κ2) is 14.7. The summed E-state index contributed by atoms with van der Waals surface area (Å²) in [6.07, 6.45) is 6.29. The largest absolute Gasteiger partial charge is 0.495 e. The lowest BCUT2D eigenvalue weighted by atomic mass is 10.0. The van der Waals surface area contributed by atoms with E-state index >= 15 is 0 Å². The van der Waals surface area contributed by atoms with E-state index < -0.39 is 0 Å². The molecule has 0 aliphatic carbocycles. The number of amides is 1. The van der Waals surface area contributed by atoms with E-state index in [1.165, 1.54) is 7.11 Å². The monoisotopic (exact) mass is 604 g/mol. The van der Waals surface area contributed by atoms with Crippen LogP contribution in [-0.2, 0) is 11.3 Å². The summed E-state index contributed by atoms with van der Waals surface area (Å²) in [6.45, 7) is 9.45. The van der Waals surface area contributed by atoms with Gasteiger partial charge < -0.3 is 19.7 Å². The van der Waals surface area contributed by atoms with Crippen LogP contribution in [0.15, 0.2) is 23.1 Å². The number of piperazine rings is 1. The zero-order valence-electron chi connectivity index (χ0n) is 23.9. The first-order chi connectivity index (χ1) is 19.9. The Morgan fingerprint density at radius 2 is 1.78 bits per heavy atom. The first kappa shape index (κ1) is 30.9. The summed E-state index contributed by atoms with van der Waals surface area (Å²) in [5.41, 5.74) is 0.948. The van der Waals surface area contributed by atoms with Gasteiger partial charge in [0.25, 0.3) is 5.56 Å². The lowest BCUT2D eigenvalue weighted by Gasteiger charge is -2.32. The molecule has 0 unspecified atom stereocenters. The number of fused-ring (bicyclic) bond motifs is 1. The number of methoxy groups -OCH3 is 1. The molecule has 1 fully saturated rings. The minimum Gasteiger partial charge on any atom is -0.495 e. The van der Waals surface area contributed by atoms with Crippen LogP contribution in [0, 0.1) is 0 Å². The molecule has 3 heterocycles. The predicted octanol–water partition coefficient (Wildman–Crippen LogP) is 4.94. The fraction of sp³-hybridized carbons (Fsp3) is 0.517. The van der Waals surface area contributed by atoms with Crippen LogP contribution < -0.4 is 20.3 Å². The maximum atomic E-state index is 14.2. The molecule has 0 radical (unpaired) electrons. The van der Waals surface area contributed by atoms with E-state index in [1.54, 1.807) is 27.8 Å². The summed E-state index contributed by atoms with van der Waals surface area (Å²) in [6, 6.07) is 3.39. The van der Waals surface area contributed by atoms with Gasteiger partial charge in [-0.05, 0) is 32.4 Å². The molecular formula is C29H38Cl2N6O4. The summed E-state index contributed by atoms with van der Waals surface area (Å²) < 4.78 is 13.2. The lowest BCUT2D eigenvalue weighted by Crippen LogP contribution is -2.46. The van der Waals surface area contributed by atoms with Gasteiger partial charge in [0.15, 0.2) is 0 Å². The second-order valence-corrected chi connectivity index (χ2v) is 10.7. The van der Waals surface area contributed by atoms with Crippen molar-refractivity contribution in [2.45, 2.75) is 46.1 Å². The Morgan fingerprint density at radius 1 is 1.02 bits per heavy atom. The Hall–Kier alpha value is -3.08. The fourth-order valence-electron chi connectivity index (χ4n) is 4.95. The number of ether oxygens (including phenoxy) is 2. The molecule has 0 spiro atoms. The Kier molecular flexibility index (Phi) is 11.1. The van der Waals surface area contributed by atoms with Crippen LogP contribution >= 0.6 is 23.2 Å². The van der Waals surface area contributed by atoms with Crippen molar-refractivity contribution in [3.05, 3.63) is 38.7 Å². The summed E-state index contributed by atoms with van der Waals surface area (Å²) in [4.78, 5) is 38.4. The third-order valence-electron chi connectivity index (χ3n) is 7.20. The smallest absolute Gasteiger partial charge is 0.260 e. The van der Waals surface area contributed by atoms with Gasteiger partial charge in [0, 0.05) is 62.5 Å². The minimum absolute atomic E-state index is 0.236. The van der Waals surface area contributed by atoms with Gasteiger partial charge in [-0.15, -0.1) is 0 Å². The van der Waals surface area contributed by atoms with Crippen LogP contribution in [0.5, 0.6) is 11.5 Å². The van der Waals surface area contributed by atoms with Gasteiger partial charge in [0.05, 0.1) is 29.3 Å². The average Bonchev–Trinajstić information content (AvgIpc) is 2.98. The first-order valence-electron chi connectivity index (χ1n) is 14.2. The standard InChI is InChI=1S/C29H38Cl2N6O4/c1-4-6-7-15-41-23-17-22(40-3)25(30)24(26(23)31)21-16-20-18-33-29(32-5-2)34-27(20)37(28(21)39)10-8-9-35-11-13-36(19-38)14-12-35/h16-19H,4-15H2,1-3H3,(H,32,33,34). The molecule has 0 bridgehead atoms. The van der Waals surface area contributed by atoms with E-state index in [1.807, 2.05) is 6.92 Å². The minimum atomic E-state index is -0.265. The molecule has 2 aromatic heterocycles. The Labute approximate surface area is 250 Å². The number of nitrogens with one attached hydrogen (secondary N) is 1. The van der Waals surface area contributed by atoms with E-state index in [-0.39, 0.29) is 15.6 Å². The normalized spacial score (nSPS) is 13.9. The van der Waals surface area contributed by atoms with Crippen molar-refractivity contribution in [3.63, 3.8) is 0 Å². The highest BCUT2D eigenvalue weighted by atomic mass is 35.5. The highest BCUT2D eigenvalue weighted by molar-refractivity contribution is 6.41. The first-order valence-corrected chi connectivity index (χ1v) is 14.9. The topological polar surface area (TPSA) is 102 Å². The Balaban J connectivity index is 1.74. The van der Waals surface area contributed by atoms with Crippen molar-refractivity contribution in [1.29, 1.82) is 0 Å². The van der Waals surface area contributed by atoms with Crippen molar-refractivity contribution in [1.82, 2.24) is 24.3 Å². The van der Waals surface area contributed by atoms with Gasteiger partial charge in [-0.1, -0.05) is 43.0 Å². The van der Waals surface area contributed by atoms with Gasteiger partial charge in [0.2, 0.25) is 12.4 Å². The van der Waals surface area contributed by atoms with E-state index in [2.05, 4.69) is 27.1 Å². The van der Waals surface area contributed by atoms with E-state index in [4.69, 9.17) is 32.7 Å². The Morgan fingerprint density at radius 3 is 2.46 bits per heavy atom. The molecule has 41 heavy (non-hydrogen) atoms. The molecule has 1 saturated heterocycles. The highest BCUT2D eigenvalue weighted by Crippen LogP contribution is 2.45. The summed E-state index contributed by atoms with van der Waals surface area (Å²) >= 11 is 13.7. The molecule has 4 rings (SSSR count). The number of carbonyl (C=O) groups excluding carboxylic acids is 1. The highest BCUT2D eigenvalue weighted by Gasteiger charge is 2.24. The lowest BCUT2D eigenvalue weighted by molar-refractivity contribution is -0.119. The number of carbonyl (C=O) groups is 1. The van der Waals surface area contributed by atoms with Crippen molar-refractivity contribution in [3.8, 4) is 22.6 Å².